The molecule has 4 aromatic rings. The molecule has 1 heterocycles. The molecule has 0 atom stereocenters. The lowest BCUT2D eigenvalue weighted by Crippen LogP contribution is -2.32. The Hall–Kier alpha value is -3.72. The fraction of sp³-hybridized carbons (Fsp3) is 0.192. The van der Waals surface area contributed by atoms with Gasteiger partial charge in [0.1, 0.15) is 5.82 Å². The van der Waals surface area contributed by atoms with E-state index in [9.17, 15) is 18.4 Å². The number of aromatic nitrogens is 2. The second-order valence-corrected chi connectivity index (χ2v) is 8.61. The van der Waals surface area contributed by atoms with E-state index in [4.69, 9.17) is 4.74 Å². The van der Waals surface area contributed by atoms with Gasteiger partial charge in [0.25, 0.3) is 5.56 Å². The number of carbonyl (C=O) groups excluding carboxylic acids is 1. The van der Waals surface area contributed by atoms with Crippen LogP contribution in [-0.2, 0) is 11.3 Å². The SMILES string of the molecule is CCN(Cc1ccc(OC)c(F)c1)C(=O)CSc1nc2ccccc2c(=O)n1-c1ccccc1F. The molecule has 0 radical (unpaired) electrons. The first-order valence-corrected chi connectivity index (χ1v) is 11.9. The number of halogens is 2. The summed E-state index contributed by atoms with van der Waals surface area (Å²) in [5.41, 5.74) is 0.722. The first-order valence-electron chi connectivity index (χ1n) is 10.9. The Morgan fingerprint density at radius 3 is 2.51 bits per heavy atom. The van der Waals surface area contributed by atoms with E-state index in [0.717, 1.165) is 11.8 Å². The molecule has 0 fully saturated rings. The highest BCUT2D eigenvalue weighted by Gasteiger charge is 2.19. The number of hydrogen-bond donors (Lipinski definition) is 0. The maximum Gasteiger partial charge on any atom is 0.266 e. The van der Waals surface area contributed by atoms with Gasteiger partial charge in [-0.3, -0.25) is 14.2 Å². The van der Waals surface area contributed by atoms with Gasteiger partial charge in [0.2, 0.25) is 5.91 Å². The predicted octanol–water partition coefficient (Wildman–Crippen LogP) is 4.81. The molecule has 0 aliphatic heterocycles. The van der Waals surface area contributed by atoms with E-state index >= 15 is 0 Å². The Morgan fingerprint density at radius 1 is 1.06 bits per heavy atom. The smallest absolute Gasteiger partial charge is 0.266 e. The van der Waals surface area contributed by atoms with Crippen LogP contribution in [0.1, 0.15) is 12.5 Å². The van der Waals surface area contributed by atoms with E-state index in [-0.39, 0.29) is 34.8 Å². The van der Waals surface area contributed by atoms with Crippen molar-refractivity contribution in [1.82, 2.24) is 14.5 Å². The fourth-order valence-electron chi connectivity index (χ4n) is 3.68. The van der Waals surface area contributed by atoms with Gasteiger partial charge in [-0.2, -0.15) is 0 Å². The minimum Gasteiger partial charge on any atom is -0.494 e. The highest BCUT2D eigenvalue weighted by molar-refractivity contribution is 7.99. The van der Waals surface area contributed by atoms with Gasteiger partial charge in [0.05, 0.1) is 29.5 Å². The van der Waals surface area contributed by atoms with Gasteiger partial charge in [-0.05, 0) is 48.9 Å². The molecule has 35 heavy (non-hydrogen) atoms. The summed E-state index contributed by atoms with van der Waals surface area (Å²) in [7, 11) is 1.39. The number of rotatable bonds is 8. The van der Waals surface area contributed by atoms with E-state index in [1.54, 1.807) is 41.3 Å². The average Bonchev–Trinajstić information content (AvgIpc) is 2.87. The normalized spacial score (nSPS) is 11.0. The van der Waals surface area contributed by atoms with Gasteiger partial charge in [-0.1, -0.05) is 42.1 Å². The largest absolute Gasteiger partial charge is 0.494 e. The van der Waals surface area contributed by atoms with Crippen LogP contribution in [-0.4, -0.2) is 39.8 Å². The van der Waals surface area contributed by atoms with Crippen LogP contribution in [0.25, 0.3) is 16.6 Å². The maximum absolute atomic E-state index is 14.6. The Labute approximate surface area is 205 Å². The number of carbonyl (C=O) groups is 1. The van der Waals surface area contributed by atoms with E-state index in [1.165, 1.54) is 42.0 Å². The molecule has 180 valence electrons. The fourth-order valence-corrected chi connectivity index (χ4v) is 4.59. The van der Waals surface area contributed by atoms with Gasteiger partial charge >= 0.3 is 0 Å². The number of methoxy groups -OCH3 is 1. The minimum absolute atomic E-state index is 0.0360. The quantitative estimate of drug-likeness (QED) is 0.259. The summed E-state index contributed by atoms with van der Waals surface area (Å²) in [6.45, 7) is 2.44. The second kappa shape index (κ2) is 10.7. The average molecular weight is 496 g/mol. The molecule has 1 aromatic heterocycles. The van der Waals surface area contributed by atoms with Crippen LogP contribution in [0.5, 0.6) is 5.75 Å². The summed E-state index contributed by atoms with van der Waals surface area (Å²) >= 11 is 1.05. The second-order valence-electron chi connectivity index (χ2n) is 7.67. The van der Waals surface area contributed by atoms with Crippen LogP contribution in [0.4, 0.5) is 8.78 Å². The van der Waals surface area contributed by atoms with Crippen LogP contribution >= 0.6 is 11.8 Å². The van der Waals surface area contributed by atoms with Crippen LogP contribution in [0.2, 0.25) is 0 Å². The zero-order valence-corrected chi connectivity index (χ0v) is 20.0. The number of benzene rings is 3. The van der Waals surface area contributed by atoms with Crippen molar-refractivity contribution in [2.24, 2.45) is 0 Å². The van der Waals surface area contributed by atoms with Gasteiger partial charge in [-0.15, -0.1) is 0 Å². The molecule has 0 unspecified atom stereocenters. The highest BCUT2D eigenvalue weighted by Crippen LogP contribution is 2.24. The Balaban J connectivity index is 1.62. The van der Waals surface area contributed by atoms with Crippen molar-refractivity contribution < 1.29 is 18.3 Å². The predicted molar refractivity (Wildman–Crippen MR) is 132 cm³/mol. The summed E-state index contributed by atoms with van der Waals surface area (Å²) in [5.74, 6) is -1.21. The summed E-state index contributed by atoms with van der Waals surface area (Å²) in [4.78, 5) is 32.4. The molecule has 0 bridgehead atoms. The summed E-state index contributed by atoms with van der Waals surface area (Å²) in [6, 6.07) is 17.3. The van der Waals surface area contributed by atoms with E-state index in [1.807, 2.05) is 6.92 Å². The van der Waals surface area contributed by atoms with Gasteiger partial charge in [0, 0.05) is 13.1 Å². The summed E-state index contributed by atoms with van der Waals surface area (Å²) < 4.78 is 34.9. The number of ether oxygens (including phenoxy) is 1. The maximum atomic E-state index is 14.6. The number of nitrogens with zero attached hydrogens (tertiary/aromatic N) is 3. The molecule has 0 N–H and O–H groups in total. The molecular weight excluding hydrogens is 472 g/mol. The van der Waals surface area contributed by atoms with E-state index < -0.39 is 17.2 Å². The highest BCUT2D eigenvalue weighted by atomic mass is 32.2. The number of hydrogen-bond acceptors (Lipinski definition) is 5. The molecule has 3 aromatic carbocycles. The first-order chi connectivity index (χ1) is 16.9. The minimum atomic E-state index is -0.573. The lowest BCUT2D eigenvalue weighted by atomic mass is 10.2. The molecule has 0 saturated heterocycles. The van der Waals surface area contributed by atoms with Crippen molar-refractivity contribution in [2.45, 2.75) is 18.6 Å². The zero-order chi connectivity index (χ0) is 24.9. The van der Waals surface area contributed by atoms with Crippen LogP contribution in [0, 0.1) is 11.6 Å². The third-order valence-corrected chi connectivity index (χ3v) is 6.41. The summed E-state index contributed by atoms with van der Waals surface area (Å²) in [5, 5.41) is 0.557. The lowest BCUT2D eigenvalue weighted by Gasteiger charge is -2.21. The third-order valence-electron chi connectivity index (χ3n) is 5.49. The number of amides is 1. The Morgan fingerprint density at radius 2 is 1.80 bits per heavy atom. The summed E-state index contributed by atoms with van der Waals surface area (Å²) in [6.07, 6.45) is 0. The Kier molecular flexibility index (Phi) is 7.45. The molecule has 0 saturated carbocycles. The zero-order valence-electron chi connectivity index (χ0n) is 19.2. The Bertz CT molecular complexity index is 1440. The molecule has 1 amide bonds. The molecular formula is C26H23F2N3O3S. The third kappa shape index (κ3) is 5.19. The molecule has 6 nitrogen and oxygen atoms in total. The van der Waals surface area contributed by atoms with Gasteiger partial charge < -0.3 is 9.64 Å². The standard InChI is InChI=1S/C26H23F2N3O3S/c1-3-30(15-17-12-13-23(34-2)20(28)14-17)24(32)16-35-26-29-21-10-6-4-8-18(21)25(33)31(26)22-11-7-5-9-19(22)27/h4-14H,3,15-16H2,1-2H3. The number of fused-ring (bicyclic) bond motifs is 1. The number of para-hydroxylation sites is 2. The number of thioether (sulfide) groups is 1. The molecule has 0 aliphatic carbocycles. The van der Waals surface area contributed by atoms with Crippen LogP contribution in [0.3, 0.4) is 0 Å². The van der Waals surface area contributed by atoms with Crippen molar-refractivity contribution in [2.75, 3.05) is 19.4 Å². The van der Waals surface area contributed by atoms with E-state index in [2.05, 4.69) is 4.98 Å². The van der Waals surface area contributed by atoms with E-state index in [0.29, 0.717) is 23.0 Å². The van der Waals surface area contributed by atoms with Gasteiger partial charge in [0.15, 0.2) is 16.7 Å². The molecule has 0 aliphatic rings. The van der Waals surface area contributed by atoms with Crippen LogP contribution < -0.4 is 10.3 Å². The monoisotopic (exact) mass is 495 g/mol. The van der Waals surface area contributed by atoms with Crippen molar-refractivity contribution in [3.8, 4) is 11.4 Å². The first kappa shape index (κ1) is 24.4. The van der Waals surface area contributed by atoms with Crippen molar-refractivity contribution in [3.63, 3.8) is 0 Å². The molecule has 4 rings (SSSR count). The van der Waals surface area contributed by atoms with Crippen molar-refractivity contribution in [3.05, 3.63) is 94.3 Å². The van der Waals surface area contributed by atoms with Crippen molar-refractivity contribution in [1.29, 1.82) is 0 Å². The van der Waals surface area contributed by atoms with Gasteiger partial charge in [-0.25, -0.2) is 13.8 Å². The topological polar surface area (TPSA) is 64.4 Å². The molecule has 9 heteroatoms. The van der Waals surface area contributed by atoms with Crippen LogP contribution in [0.15, 0.2) is 76.7 Å². The lowest BCUT2D eigenvalue weighted by molar-refractivity contribution is -0.128. The molecule has 0 spiro atoms. The van der Waals surface area contributed by atoms with Crippen molar-refractivity contribution >= 4 is 28.6 Å².